The van der Waals surface area contributed by atoms with Crippen molar-refractivity contribution >= 4 is 6.03 Å². The molecule has 0 spiro atoms. The topological polar surface area (TPSA) is 75.4 Å². The lowest BCUT2D eigenvalue weighted by molar-refractivity contribution is 0.169. The molecule has 64 valence electrons. The molecule has 0 radical (unpaired) electrons. The molecule has 4 nitrogen and oxygen atoms in total. The molecule has 4 heteroatoms. The maximum atomic E-state index is 9.23. The molecule has 0 saturated heterocycles. The second-order valence-corrected chi connectivity index (χ2v) is 2.42. The van der Waals surface area contributed by atoms with E-state index in [4.69, 9.17) is 5.21 Å². The number of hydroxylamine groups is 1. The van der Waals surface area contributed by atoms with E-state index >= 15 is 0 Å². The van der Waals surface area contributed by atoms with Gasteiger partial charge in [-0.25, -0.2) is 10.3 Å². The first kappa shape index (κ1) is 8.55. The van der Waals surface area contributed by atoms with Crippen LogP contribution < -0.4 is 11.2 Å². The smallest absolute Gasteiger partial charge is 0.335 e. The number of fused-ring (bicyclic) bond motifs is 1. The third kappa shape index (κ3) is 2.59. The Hall–Kier alpha value is -1.55. The molecule has 12 heavy (non-hydrogen) atoms. The van der Waals surface area contributed by atoms with Crippen LogP contribution in [0, 0.1) is 0 Å². The maximum Gasteiger partial charge on any atom is 0.335 e. The summed E-state index contributed by atoms with van der Waals surface area (Å²) >= 11 is 0. The quantitative estimate of drug-likeness (QED) is 0.396. The molecule has 1 aliphatic carbocycles. The van der Waals surface area contributed by atoms with E-state index in [1.165, 1.54) is 23.0 Å². The number of benzene rings is 1. The van der Waals surface area contributed by atoms with Gasteiger partial charge in [-0.3, -0.25) is 5.21 Å². The predicted molar refractivity (Wildman–Crippen MR) is 43.8 cm³/mol. The number of nitrogens with two attached hydrogens (primary N) is 1. The van der Waals surface area contributed by atoms with Gasteiger partial charge in [-0.1, -0.05) is 24.3 Å². The van der Waals surface area contributed by atoms with E-state index < -0.39 is 6.03 Å². The third-order valence-corrected chi connectivity index (χ3v) is 1.48. The minimum absolute atomic E-state index is 0.940. The molecular weight excluding hydrogens is 156 g/mol. The van der Waals surface area contributed by atoms with Crippen LogP contribution in [0.1, 0.15) is 11.1 Å². The van der Waals surface area contributed by atoms with Crippen LogP contribution in [0.3, 0.4) is 0 Å². The van der Waals surface area contributed by atoms with Gasteiger partial charge in [-0.05, 0) is 17.5 Å². The van der Waals surface area contributed by atoms with Gasteiger partial charge in [0, 0.05) is 0 Å². The number of rotatable bonds is 0. The van der Waals surface area contributed by atoms with E-state index in [1.54, 1.807) is 0 Å². The zero-order chi connectivity index (χ0) is 8.97. The van der Waals surface area contributed by atoms with Gasteiger partial charge in [-0.2, -0.15) is 0 Å². The Morgan fingerprint density at radius 3 is 2.08 bits per heavy atom. The second kappa shape index (κ2) is 3.73. The Morgan fingerprint density at radius 1 is 1.42 bits per heavy atom. The maximum absolute atomic E-state index is 9.23. The zero-order valence-corrected chi connectivity index (χ0v) is 6.45. The average molecular weight is 166 g/mol. The Balaban J connectivity index is 0.000000130. The van der Waals surface area contributed by atoms with Crippen LogP contribution in [0.5, 0.6) is 0 Å². The van der Waals surface area contributed by atoms with Crippen LogP contribution in [0.25, 0.3) is 0 Å². The molecule has 0 heterocycles. The van der Waals surface area contributed by atoms with Crippen molar-refractivity contribution in [1.82, 2.24) is 5.48 Å². The molecule has 1 aliphatic rings. The fourth-order valence-corrected chi connectivity index (χ4v) is 0.836. The van der Waals surface area contributed by atoms with Gasteiger partial charge in [0.15, 0.2) is 0 Å². The predicted octanol–water partition coefficient (Wildman–Crippen LogP) is 0.635. The molecule has 0 unspecified atom stereocenters. The minimum atomic E-state index is -0.940. The van der Waals surface area contributed by atoms with E-state index in [-0.39, 0.29) is 0 Å². The number of primary amides is 1. The van der Waals surface area contributed by atoms with E-state index in [0.29, 0.717) is 0 Å². The van der Waals surface area contributed by atoms with Crippen LogP contribution in [-0.2, 0) is 6.42 Å². The van der Waals surface area contributed by atoms with E-state index in [0.717, 1.165) is 0 Å². The highest BCUT2D eigenvalue weighted by atomic mass is 16.5. The molecule has 4 N–H and O–H groups in total. The Bertz CT molecular complexity index is 265. The lowest BCUT2D eigenvalue weighted by Crippen LogP contribution is -2.25. The first-order chi connectivity index (χ1) is 5.74. The molecule has 0 aliphatic heterocycles. The van der Waals surface area contributed by atoms with Gasteiger partial charge >= 0.3 is 6.03 Å². The molecule has 0 bridgehead atoms. The first-order valence-electron chi connectivity index (χ1n) is 3.50. The van der Waals surface area contributed by atoms with E-state index in [9.17, 15) is 4.79 Å². The van der Waals surface area contributed by atoms with Gasteiger partial charge in [0.05, 0.1) is 0 Å². The van der Waals surface area contributed by atoms with Crippen LogP contribution in [0.2, 0.25) is 0 Å². The summed E-state index contributed by atoms with van der Waals surface area (Å²) in [4.78, 5) is 9.23. The summed E-state index contributed by atoms with van der Waals surface area (Å²) in [5, 5.41) is 7.42. The Morgan fingerprint density at radius 2 is 1.83 bits per heavy atom. The Labute approximate surface area is 70.0 Å². The van der Waals surface area contributed by atoms with Crippen LogP contribution in [0.15, 0.2) is 24.3 Å². The van der Waals surface area contributed by atoms with Crippen LogP contribution in [-0.4, -0.2) is 11.2 Å². The van der Waals surface area contributed by atoms with Crippen molar-refractivity contribution in [2.75, 3.05) is 0 Å². The van der Waals surface area contributed by atoms with E-state index in [1.807, 2.05) is 0 Å². The standard InChI is InChI=1S/C7H6.CH4N2O2/c1-2-4-7-5-6(7)3-1;2-1(4)3-5/h1-4H,5H2;5H,(H3,2,3,4). The molecule has 2 rings (SSSR count). The number of hydrogen-bond donors (Lipinski definition) is 3. The largest absolute Gasteiger partial charge is 0.350 e. The van der Waals surface area contributed by atoms with Crippen molar-refractivity contribution in [3.05, 3.63) is 35.4 Å². The molecule has 1 aromatic rings. The van der Waals surface area contributed by atoms with Crippen molar-refractivity contribution < 1.29 is 10.0 Å². The summed E-state index contributed by atoms with van der Waals surface area (Å²) < 4.78 is 0. The summed E-state index contributed by atoms with van der Waals surface area (Å²) in [7, 11) is 0. The highest BCUT2D eigenvalue weighted by Crippen LogP contribution is 2.25. The lowest BCUT2D eigenvalue weighted by atomic mass is 10.4. The molecule has 0 aromatic heterocycles. The number of carbonyl (C=O) groups excluding carboxylic acids is 1. The van der Waals surface area contributed by atoms with E-state index in [2.05, 4.69) is 30.0 Å². The summed E-state index contributed by atoms with van der Waals surface area (Å²) in [6, 6.07) is 7.59. The molecule has 0 atom stereocenters. The zero-order valence-electron chi connectivity index (χ0n) is 6.45. The molecule has 0 saturated carbocycles. The number of nitrogens with one attached hydrogen (secondary N) is 1. The molecule has 2 amide bonds. The lowest BCUT2D eigenvalue weighted by Gasteiger charge is -1.79. The third-order valence-electron chi connectivity index (χ3n) is 1.48. The van der Waals surface area contributed by atoms with Gasteiger partial charge in [0.2, 0.25) is 0 Å². The van der Waals surface area contributed by atoms with Crippen molar-refractivity contribution in [3.8, 4) is 0 Å². The summed E-state index contributed by atoms with van der Waals surface area (Å²) in [6.07, 6.45) is 1.24. The van der Waals surface area contributed by atoms with Gasteiger partial charge in [0.25, 0.3) is 0 Å². The van der Waals surface area contributed by atoms with Crippen molar-refractivity contribution in [2.45, 2.75) is 6.42 Å². The molecular formula is C8H10N2O2. The van der Waals surface area contributed by atoms with Gasteiger partial charge in [-0.15, -0.1) is 0 Å². The summed E-state index contributed by atoms with van der Waals surface area (Å²) in [5.74, 6) is 0. The summed E-state index contributed by atoms with van der Waals surface area (Å²) in [5.41, 5.74) is 8.52. The normalized spacial score (nSPS) is 10.4. The second-order valence-electron chi connectivity index (χ2n) is 2.42. The van der Waals surface area contributed by atoms with Gasteiger partial charge < -0.3 is 5.73 Å². The summed E-state index contributed by atoms with van der Waals surface area (Å²) in [6.45, 7) is 0. The fourth-order valence-electron chi connectivity index (χ4n) is 0.836. The van der Waals surface area contributed by atoms with Crippen molar-refractivity contribution in [1.29, 1.82) is 0 Å². The van der Waals surface area contributed by atoms with Crippen LogP contribution >= 0.6 is 0 Å². The molecule has 0 fully saturated rings. The van der Waals surface area contributed by atoms with Crippen molar-refractivity contribution in [2.24, 2.45) is 5.73 Å². The van der Waals surface area contributed by atoms with Gasteiger partial charge in [0.1, 0.15) is 0 Å². The molecule has 1 aromatic carbocycles. The van der Waals surface area contributed by atoms with Crippen LogP contribution in [0.4, 0.5) is 4.79 Å². The average Bonchev–Trinajstić information content (AvgIpc) is 2.83. The number of carbonyl (C=O) groups is 1. The highest BCUT2D eigenvalue weighted by Gasteiger charge is 2.12. The minimum Gasteiger partial charge on any atom is -0.350 e. The fraction of sp³-hybridized carbons (Fsp3) is 0.125. The highest BCUT2D eigenvalue weighted by molar-refractivity contribution is 5.69. The number of hydrogen-bond acceptors (Lipinski definition) is 2. The monoisotopic (exact) mass is 166 g/mol. The van der Waals surface area contributed by atoms with Crippen molar-refractivity contribution in [3.63, 3.8) is 0 Å². The SMILES string of the molecule is NC(=O)NO.c1ccc2c(c1)C2. The first-order valence-corrected chi connectivity index (χ1v) is 3.50. The number of urea groups is 1. The Kier molecular flexibility index (Phi) is 2.66. The number of amides is 2.